The molecule has 1 aliphatic heterocycles. The van der Waals surface area contributed by atoms with Crippen molar-refractivity contribution in [3.63, 3.8) is 0 Å². The number of carbonyl (C=O) groups is 1. The third-order valence-corrected chi connectivity index (χ3v) is 7.96. The Hall–Kier alpha value is -1.92. The van der Waals surface area contributed by atoms with Crippen LogP contribution >= 0.6 is 23.4 Å². The number of fused-ring (bicyclic) bond motifs is 3. The van der Waals surface area contributed by atoms with Gasteiger partial charge in [-0.2, -0.15) is 0 Å². The van der Waals surface area contributed by atoms with Crippen LogP contribution in [0.2, 0.25) is 5.02 Å². The fourth-order valence-corrected chi connectivity index (χ4v) is 5.77. The summed E-state index contributed by atoms with van der Waals surface area (Å²) in [5.41, 5.74) is 2.64. The molecule has 1 unspecified atom stereocenters. The van der Waals surface area contributed by atoms with Crippen molar-refractivity contribution < 1.29 is 14.3 Å². The van der Waals surface area contributed by atoms with Gasteiger partial charge in [-0.25, -0.2) is 4.79 Å². The van der Waals surface area contributed by atoms with Gasteiger partial charge in [0.2, 0.25) is 0 Å². The highest BCUT2D eigenvalue weighted by atomic mass is 35.5. The molecule has 1 aromatic carbocycles. The minimum atomic E-state index is -0.553. The van der Waals surface area contributed by atoms with Gasteiger partial charge in [0.15, 0.2) is 0 Å². The maximum Gasteiger partial charge on any atom is 0.344 e. The molecule has 1 atom stereocenters. The molecule has 0 N–H and O–H groups in total. The van der Waals surface area contributed by atoms with Gasteiger partial charge in [0.25, 0.3) is 5.56 Å². The highest BCUT2D eigenvalue weighted by Crippen LogP contribution is 2.52. The molecule has 0 spiro atoms. The van der Waals surface area contributed by atoms with Crippen molar-refractivity contribution in [2.24, 2.45) is 5.92 Å². The van der Waals surface area contributed by atoms with Gasteiger partial charge in [-0.1, -0.05) is 18.0 Å². The summed E-state index contributed by atoms with van der Waals surface area (Å²) in [5, 5.41) is 0.636. The molecule has 0 bridgehead atoms. The van der Waals surface area contributed by atoms with Crippen LogP contribution in [0.25, 0.3) is 11.3 Å². The molecule has 2 saturated carbocycles. The molecule has 0 amide bonds. The number of pyridine rings is 1. The zero-order valence-electron chi connectivity index (χ0n) is 18.7. The Labute approximate surface area is 197 Å². The number of ether oxygens (including phenoxy) is 2. The number of carbonyl (C=O) groups excluding carboxylic acids is 1. The third kappa shape index (κ3) is 3.96. The second kappa shape index (κ2) is 8.45. The van der Waals surface area contributed by atoms with E-state index in [2.05, 4.69) is 6.92 Å². The van der Waals surface area contributed by atoms with Gasteiger partial charge in [0.05, 0.1) is 23.4 Å². The topological polar surface area (TPSA) is 57.5 Å². The van der Waals surface area contributed by atoms with Gasteiger partial charge in [0, 0.05) is 21.8 Å². The molecule has 0 radical (unpaired) electrons. The number of nitrogens with zero attached hydrogens (tertiary/aromatic N) is 1. The third-order valence-electron chi connectivity index (χ3n) is 6.47. The lowest BCUT2D eigenvalue weighted by molar-refractivity contribution is 0.0375. The molecule has 170 valence electrons. The summed E-state index contributed by atoms with van der Waals surface area (Å²) < 4.78 is 13.2. The van der Waals surface area contributed by atoms with Crippen molar-refractivity contribution in [3.05, 3.63) is 44.7 Å². The lowest BCUT2D eigenvalue weighted by Gasteiger charge is -2.30. The van der Waals surface area contributed by atoms with E-state index in [1.54, 1.807) is 31.7 Å². The number of hydrogen-bond acceptors (Lipinski definition) is 5. The standard InChI is InChI=1S/C25H28ClNO4S/c1-13(2)31-25(29)19-9-17-14(3)32-22-11-21(30-12-15-5-4-6-15)20(26)10-18(22)23(17)27(24(19)28)16-7-8-16/h9-11,13-16H,4-8,12H2,1-3H3. The average Bonchev–Trinajstić information content (AvgIpc) is 3.52. The van der Waals surface area contributed by atoms with Gasteiger partial charge in [-0.05, 0) is 76.1 Å². The van der Waals surface area contributed by atoms with Gasteiger partial charge < -0.3 is 14.0 Å². The zero-order valence-corrected chi connectivity index (χ0v) is 20.2. The molecule has 3 aliphatic rings. The number of benzene rings is 1. The molecule has 2 heterocycles. The smallest absolute Gasteiger partial charge is 0.344 e. The minimum absolute atomic E-state index is 0.0781. The van der Waals surface area contributed by atoms with Crippen LogP contribution in [-0.4, -0.2) is 23.2 Å². The van der Waals surface area contributed by atoms with Crippen molar-refractivity contribution in [1.29, 1.82) is 0 Å². The summed E-state index contributed by atoms with van der Waals surface area (Å²) in [6, 6.07) is 5.79. The van der Waals surface area contributed by atoms with Crippen LogP contribution in [0.1, 0.15) is 80.1 Å². The van der Waals surface area contributed by atoms with Crippen molar-refractivity contribution >= 4 is 29.3 Å². The number of aromatic nitrogens is 1. The first kappa shape index (κ1) is 21.9. The molecule has 7 heteroatoms. The van der Waals surface area contributed by atoms with Crippen LogP contribution in [0.4, 0.5) is 0 Å². The summed E-state index contributed by atoms with van der Waals surface area (Å²) in [4.78, 5) is 27.2. The van der Waals surface area contributed by atoms with Crippen molar-refractivity contribution in [1.82, 2.24) is 4.57 Å². The van der Waals surface area contributed by atoms with Crippen molar-refractivity contribution in [2.45, 2.75) is 75.2 Å². The Morgan fingerprint density at radius 1 is 1.22 bits per heavy atom. The highest BCUT2D eigenvalue weighted by Gasteiger charge is 2.36. The van der Waals surface area contributed by atoms with E-state index < -0.39 is 5.97 Å². The summed E-state index contributed by atoms with van der Waals surface area (Å²) >= 11 is 8.35. The van der Waals surface area contributed by atoms with Gasteiger partial charge in [-0.15, -0.1) is 11.8 Å². The zero-order chi connectivity index (χ0) is 22.6. The molecule has 0 saturated heterocycles. The largest absolute Gasteiger partial charge is 0.492 e. The summed E-state index contributed by atoms with van der Waals surface area (Å²) in [6.45, 7) is 6.38. The van der Waals surface area contributed by atoms with E-state index in [9.17, 15) is 9.59 Å². The Morgan fingerprint density at radius 2 is 1.97 bits per heavy atom. The minimum Gasteiger partial charge on any atom is -0.492 e. The monoisotopic (exact) mass is 473 g/mol. The normalized spacial score (nSPS) is 19.8. The average molecular weight is 474 g/mol. The van der Waals surface area contributed by atoms with E-state index in [0.29, 0.717) is 23.3 Å². The molecular formula is C25H28ClNO4S. The van der Waals surface area contributed by atoms with Crippen LogP contribution < -0.4 is 10.3 Å². The second-order valence-corrected chi connectivity index (χ2v) is 11.2. The van der Waals surface area contributed by atoms with Crippen molar-refractivity contribution in [3.8, 4) is 17.0 Å². The second-order valence-electron chi connectivity index (χ2n) is 9.37. The number of halogens is 1. The molecule has 2 aromatic rings. The lowest BCUT2D eigenvalue weighted by atomic mass is 9.86. The van der Waals surface area contributed by atoms with Gasteiger partial charge in [-0.3, -0.25) is 4.79 Å². The van der Waals surface area contributed by atoms with E-state index >= 15 is 0 Å². The molecule has 1 aromatic heterocycles. The lowest BCUT2D eigenvalue weighted by Crippen LogP contribution is -2.31. The first-order valence-corrected chi connectivity index (χ1v) is 12.7. The Balaban J connectivity index is 1.60. The fraction of sp³-hybridized carbons (Fsp3) is 0.520. The highest BCUT2D eigenvalue weighted by molar-refractivity contribution is 7.99. The molecular weight excluding hydrogens is 446 g/mol. The van der Waals surface area contributed by atoms with E-state index in [1.165, 1.54) is 19.3 Å². The summed E-state index contributed by atoms with van der Waals surface area (Å²) in [5.74, 6) is 0.777. The molecule has 5 rings (SSSR count). The molecule has 2 aliphatic carbocycles. The predicted molar refractivity (Wildman–Crippen MR) is 127 cm³/mol. The Morgan fingerprint density at radius 3 is 2.59 bits per heavy atom. The molecule has 5 nitrogen and oxygen atoms in total. The van der Waals surface area contributed by atoms with E-state index in [0.717, 1.165) is 34.6 Å². The fourth-order valence-electron chi connectivity index (χ4n) is 4.41. The summed E-state index contributed by atoms with van der Waals surface area (Å²) in [7, 11) is 0. The predicted octanol–water partition coefficient (Wildman–Crippen LogP) is 6.41. The number of esters is 1. The van der Waals surface area contributed by atoms with E-state index in [1.807, 2.05) is 16.7 Å². The number of thioether (sulfide) groups is 1. The van der Waals surface area contributed by atoms with E-state index in [4.69, 9.17) is 21.1 Å². The SMILES string of the molecule is CC(C)OC(=O)c1cc2c(n(C3CC3)c1=O)-c1cc(Cl)c(OCC3CCC3)cc1SC2C. The maximum absolute atomic E-state index is 13.4. The first-order valence-electron chi connectivity index (χ1n) is 11.5. The van der Waals surface area contributed by atoms with Gasteiger partial charge in [0.1, 0.15) is 11.3 Å². The van der Waals surface area contributed by atoms with Crippen LogP contribution in [0.3, 0.4) is 0 Å². The van der Waals surface area contributed by atoms with Crippen LogP contribution in [0.15, 0.2) is 27.9 Å². The van der Waals surface area contributed by atoms with Gasteiger partial charge >= 0.3 is 5.97 Å². The number of hydrogen-bond donors (Lipinski definition) is 0. The Bertz CT molecular complexity index is 1130. The first-order chi connectivity index (χ1) is 15.3. The Kier molecular flexibility index (Phi) is 5.79. The molecule has 32 heavy (non-hydrogen) atoms. The summed E-state index contributed by atoms with van der Waals surface area (Å²) in [6.07, 6.45) is 5.30. The van der Waals surface area contributed by atoms with Crippen LogP contribution in [0, 0.1) is 5.92 Å². The van der Waals surface area contributed by atoms with E-state index in [-0.39, 0.29) is 28.5 Å². The maximum atomic E-state index is 13.4. The van der Waals surface area contributed by atoms with Crippen LogP contribution in [-0.2, 0) is 4.74 Å². The quantitative estimate of drug-likeness (QED) is 0.453. The number of rotatable bonds is 6. The van der Waals surface area contributed by atoms with Crippen LogP contribution in [0.5, 0.6) is 5.75 Å². The molecule has 2 fully saturated rings. The van der Waals surface area contributed by atoms with Crippen molar-refractivity contribution in [2.75, 3.05) is 6.61 Å².